The molecule has 98 valence electrons. The Hall–Kier alpha value is -0.850. The van der Waals surface area contributed by atoms with Crippen LogP contribution in [0.25, 0.3) is 0 Å². The van der Waals surface area contributed by atoms with Crippen molar-refractivity contribution in [3.05, 3.63) is 16.9 Å². The van der Waals surface area contributed by atoms with Crippen molar-refractivity contribution >= 4 is 29.3 Å². The number of hydrogen-bond donors (Lipinski definition) is 1. The molecule has 1 saturated heterocycles. The Labute approximate surface area is 115 Å². The van der Waals surface area contributed by atoms with Crippen LogP contribution in [0.4, 0.5) is 0 Å². The lowest BCUT2D eigenvalue weighted by atomic mass is 9.91. The van der Waals surface area contributed by atoms with Crippen molar-refractivity contribution in [2.75, 3.05) is 19.3 Å². The second-order valence-corrected chi connectivity index (χ2v) is 5.47. The van der Waals surface area contributed by atoms with Crippen LogP contribution < -0.4 is 0 Å². The fourth-order valence-electron chi connectivity index (χ4n) is 1.78. The third-order valence-electron chi connectivity index (χ3n) is 3.02. The molecule has 0 atom stereocenters. The average Bonchev–Trinajstić information content (AvgIpc) is 2.35. The number of rotatable bonds is 3. The lowest BCUT2D eigenvalue weighted by Gasteiger charge is -2.45. The van der Waals surface area contributed by atoms with Gasteiger partial charge in [-0.1, -0.05) is 30.3 Å². The summed E-state index contributed by atoms with van der Waals surface area (Å²) in [4.78, 5) is 21.8. The van der Waals surface area contributed by atoms with Crippen molar-refractivity contribution < 1.29 is 9.90 Å². The van der Waals surface area contributed by atoms with Gasteiger partial charge in [0.1, 0.15) is 0 Å². The molecule has 0 radical (unpaired) electrons. The number of amides is 1. The second-order valence-electron chi connectivity index (χ2n) is 4.29. The van der Waals surface area contributed by atoms with E-state index in [0.29, 0.717) is 24.7 Å². The number of nitrogens with zero attached hydrogens (tertiary/aromatic N) is 3. The molecule has 1 amide bonds. The molecule has 0 spiro atoms. The van der Waals surface area contributed by atoms with Crippen molar-refractivity contribution in [2.24, 2.45) is 0 Å². The molecule has 0 saturated carbocycles. The molecule has 5 nitrogen and oxygen atoms in total. The van der Waals surface area contributed by atoms with Gasteiger partial charge in [-0.2, -0.15) is 0 Å². The highest BCUT2D eigenvalue weighted by molar-refractivity contribution is 7.98. The molecular formula is C11H14ClN3O2S. The fourth-order valence-corrected chi connectivity index (χ4v) is 2.29. The van der Waals surface area contributed by atoms with E-state index in [0.717, 1.165) is 0 Å². The van der Waals surface area contributed by atoms with Gasteiger partial charge in [-0.15, -0.1) is 0 Å². The Balaban J connectivity index is 2.15. The fraction of sp³-hybridized carbons (Fsp3) is 0.545. The Kier molecular flexibility index (Phi) is 3.79. The van der Waals surface area contributed by atoms with Crippen LogP contribution in [0.5, 0.6) is 0 Å². The first-order valence-corrected chi connectivity index (χ1v) is 7.17. The van der Waals surface area contributed by atoms with Gasteiger partial charge in [-0.05, 0) is 12.7 Å². The minimum absolute atomic E-state index is 0.203. The summed E-state index contributed by atoms with van der Waals surface area (Å²) < 4.78 is 0. The van der Waals surface area contributed by atoms with E-state index >= 15 is 0 Å². The number of aliphatic hydroxyl groups is 1. The van der Waals surface area contributed by atoms with Gasteiger partial charge in [0, 0.05) is 0 Å². The second kappa shape index (κ2) is 5.03. The van der Waals surface area contributed by atoms with Crippen LogP contribution in [0.3, 0.4) is 0 Å². The number of likely N-dealkylation sites (tertiary alicyclic amines) is 1. The van der Waals surface area contributed by atoms with Gasteiger partial charge in [0.15, 0.2) is 10.9 Å². The number of β-amino-alcohol motifs (C(OH)–C–C–N with tert-alkyl or cyclic N) is 1. The number of thioether (sulfide) groups is 1. The lowest BCUT2D eigenvalue weighted by Crippen LogP contribution is -2.63. The smallest absolute Gasteiger partial charge is 0.274 e. The molecule has 0 bridgehead atoms. The van der Waals surface area contributed by atoms with E-state index in [-0.39, 0.29) is 16.6 Å². The highest BCUT2D eigenvalue weighted by Crippen LogP contribution is 2.27. The minimum Gasteiger partial charge on any atom is -0.386 e. The van der Waals surface area contributed by atoms with Crippen molar-refractivity contribution in [3.63, 3.8) is 0 Å². The molecule has 1 aromatic heterocycles. The number of aromatic nitrogens is 2. The number of halogens is 1. The summed E-state index contributed by atoms with van der Waals surface area (Å²) in [5.41, 5.74) is -0.550. The summed E-state index contributed by atoms with van der Waals surface area (Å²) in [5, 5.41) is 10.6. The monoisotopic (exact) mass is 287 g/mol. The van der Waals surface area contributed by atoms with Gasteiger partial charge in [-0.3, -0.25) is 4.79 Å². The Morgan fingerprint density at radius 3 is 2.89 bits per heavy atom. The summed E-state index contributed by atoms with van der Waals surface area (Å²) >= 11 is 7.28. The van der Waals surface area contributed by atoms with Crippen LogP contribution >= 0.6 is 23.4 Å². The standard InChI is InChI=1S/C11H14ClN3O2S/c1-3-11(17)5-15(6-11)9(16)8-7(12)4-13-10(14-8)18-2/h4,17H,3,5-6H2,1-2H3. The predicted octanol–water partition coefficient (Wildman–Crippen LogP) is 1.45. The van der Waals surface area contributed by atoms with Crippen molar-refractivity contribution in [3.8, 4) is 0 Å². The minimum atomic E-state index is -0.752. The Bertz CT molecular complexity index is 477. The Morgan fingerprint density at radius 2 is 2.33 bits per heavy atom. The van der Waals surface area contributed by atoms with Crippen LogP contribution in [0.1, 0.15) is 23.8 Å². The normalized spacial score (nSPS) is 17.4. The zero-order valence-corrected chi connectivity index (χ0v) is 11.8. The zero-order valence-electron chi connectivity index (χ0n) is 10.2. The molecule has 2 rings (SSSR count). The molecule has 1 aliphatic rings. The number of carbonyl (C=O) groups is 1. The summed E-state index contributed by atoms with van der Waals surface area (Å²) in [6.45, 7) is 2.56. The van der Waals surface area contributed by atoms with E-state index in [2.05, 4.69) is 9.97 Å². The molecule has 1 fully saturated rings. The maximum atomic E-state index is 12.2. The first kappa shape index (κ1) is 13.6. The van der Waals surface area contributed by atoms with Gasteiger partial charge >= 0.3 is 0 Å². The van der Waals surface area contributed by atoms with Gasteiger partial charge in [0.2, 0.25) is 0 Å². The van der Waals surface area contributed by atoms with E-state index < -0.39 is 5.60 Å². The maximum Gasteiger partial charge on any atom is 0.274 e. The molecule has 0 unspecified atom stereocenters. The molecule has 18 heavy (non-hydrogen) atoms. The average molecular weight is 288 g/mol. The third kappa shape index (κ3) is 2.46. The van der Waals surface area contributed by atoms with Gasteiger partial charge in [-0.25, -0.2) is 9.97 Å². The first-order valence-electron chi connectivity index (χ1n) is 5.57. The van der Waals surface area contributed by atoms with Gasteiger partial charge in [0.05, 0.1) is 29.9 Å². The topological polar surface area (TPSA) is 66.3 Å². The van der Waals surface area contributed by atoms with E-state index in [9.17, 15) is 9.90 Å². The van der Waals surface area contributed by atoms with Gasteiger partial charge in [0.25, 0.3) is 5.91 Å². The van der Waals surface area contributed by atoms with E-state index in [1.807, 2.05) is 13.2 Å². The van der Waals surface area contributed by atoms with Crippen LogP contribution in [0, 0.1) is 0 Å². The van der Waals surface area contributed by atoms with E-state index in [1.54, 1.807) is 4.90 Å². The highest BCUT2D eigenvalue weighted by Gasteiger charge is 2.43. The zero-order chi connectivity index (χ0) is 13.3. The van der Waals surface area contributed by atoms with E-state index in [4.69, 9.17) is 11.6 Å². The lowest BCUT2D eigenvalue weighted by molar-refractivity contribution is -0.0828. The SMILES string of the molecule is CCC1(O)CN(C(=O)c2nc(SC)ncc2Cl)C1. The maximum absolute atomic E-state index is 12.2. The Morgan fingerprint density at radius 1 is 1.67 bits per heavy atom. The third-order valence-corrected chi connectivity index (χ3v) is 3.86. The molecule has 7 heteroatoms. The highest BCUT2D eigenvalue weighted by atomic mass is 35.5. The van der Waals surface area contributed by atoms with Crippen LogP contribution in [-0.4, -0.2) is 50.8 Å². The molecule has 0 aromatic carbocycles. The molecule has 0 aliphatic carbocycles. The molecule has 1 N–H and O–H groups in total. The summed E-state index contributed by atoms with van der Waals surface area (Å²) in [6.07, 6.45) is 3.89. The summed E-state index contributed by atoms with van der Waals surface area (Å²) in [7, 11) is 0. The predicted molar refractivity (Wildman–Crippen MR) is 70.0 cm³/mol. The number of hydrogen-bond acceptors (Lipinski definition) is 5. The van der Waals surface area contributed by atoms with Crippen LogP contribution in [0.15, 0.2) is 11.4 Å². The van der Waals surface area contributed by atoms with Crippen molar-refractivity contribution in [2.45, 2.75) is 24.1 Å². The first-order chi connectivity index (χ1) is 8.49. The van der Waals surface area contributed by atoms with Crippen LogP contribution in [0.2, 0.25) is 5.02 Å². The van der Waals surface area contributed by atoms with E-state index in [1.165, 1.54) is 18.0 Å². The van der Waals surface area contributed by atoms with Crippen molar-refractivity contribution in [1.82, 2.24) is 14.9 Å². The molecule has 1 aliphatic heterocycles. The summed E-state index contributed by atoms with van der Waals surface area (Å²) in [6, 6.07) is 0. The molecule has 2 heterocycles. The van der Waals surface area contributed by atoms with Crippen LogP contribution in [-0.2, 0) is 0 Å². The van der Waals surface area contributed by atoms with Crippen molar-refractivity contribution in [1.29, 1.82) is 0 Å². The molecule has 1 aromatic rings. The molecular weight excluding hydrogens is 274 g/mol. The largest absolute Gasteiger partial charge is 0.386 e. The van der Waals surface area contributed by atoms with Gasteiger partial charge < -0.3 is 10.0 Å². The number of carbonyl (C=O) groups excluding carboxylic acids is 1. The quantitative estimate of drug-likeness (QED) is 0.673. The summed E-state index contributed by atoms with van der Waals surface area (Å²) in [5.74, 6) is -0.254.